The average molecular weight is 456 g/mol. The molecule has 0 aliphatic heterocycles. The van der Waals surface area contributed by atoms with Crippen molar-refractivity contribution in [3.05, 3.63) is 108 Å². The average Bonchev–Trinajstić information content (AvgIpc) is 3.27. The van der Waals surface area contributed by atoms with E-state index in [1.165, 1.54) is 4.90 Å². The van der Waals surface area contributed by atoms with Crippen LogP contribution in [0.3, 0.4) is 0 Å². The van der Waals surface area contributed by atoms with Gasteiger partial charge in [-0.1, -0.05) is 78.9 Å². The van der Waals surface area contributed by atoms with Crippen LogP contribution in [0.1, 0.15) is 29.7 Å². The highest BCUT2D eigenvalue weighted by molar-refractivity contribution is 5.85. The van der Waals surface area contributed by atoms with Crippen molar-refractivity contribution in [2.75, 3.05) is 6.54 Å². The van der Waals surface area contributed by atoms with E-state index < -0.39 is 12.0 Å². The summed E-state index contributed by atoms with van der Waals surface area (Å²) in [5.74, 6) is -0.717. The molecule has 0 saturated heterocycles. The number of benzene rings is 3. The molecule has 3 aromatic carbocycles. The molecule has 34 heavy (non-hydrogen) atoms. The Kier molecular flexibility index (Phi) is 7.28. The summed E-state index contributed by atoms with van der Waals surface area (Å²) in [5.41, 5.74) is 3.87. The van der Waals surface area contributed by atoms with E-state index in [4.69, 9.17) is 0 Å². The Morgan fingerprint density at radius 1 is 0.941 bits per heavy atom. The molecule has 0 aliphatic carbocycles. The molecule has 6 heteroatoms. The number of hydrogen-bond acceptors (Lipinski definition) is 2. The number of carboxylic acid groups (broad SMARTS) is 1. The highest BCUT2D eigenvalue weighted by Gasteiger charge is 2.27. The molecule has 4 aromatic rings. The van der Waals surface area contributed by atoms with E-state index >= 15 is 0 Å². The van der Waals surface area contributed by atoms with Crippen LogP contribution in [0.5, 0.6) is 0 Å². The van der Waals surface area contributed by atoms with Crippen LogP contribution in [-0.2, 0) is 17.8 Å². The normalized spacial score (nSPS) is 12.7. The number of rotatable bonds is 9. The number of hydrogen-bond donors (Lipinski definition) is 3. The first-order chi connectivity index (χ1) is 16.5. The molecule has 0 unspecified atom stereocenters. The van der Waals surface area contributed by atoms with Gasteiger partial charge in [-0.2, -0.15) is 0 Å². The second-order valence-corrected chi connectivity index (χ2v) is 8.55. The minimum absolute atomic E-state index is 0.0943. The summed E-state index contributed by atoms with van der Waals surface area (Å²) in [7, 11) is 0. The zero-order chi connectivity index (χ0) is 23.9. The molecular weight excluding hydrogens is 426 g/mol. The Morgan fingerprint density at radius 2 is 1.59 bits per heavy atom. The standard InChI is InChI=1S/C28H29N3O3/c1-20(22-12-6-3-7-13-22)30-27(32)24(16-23-17-29-26-15-9-8-14-25(23)26)19-31(28(33)34)18-21-10-4-2-5-11-21/h2-15,17,20,24,29H,16,18-19H2,1H3,(H,30,32)(H,33,34)/t20-,24-/m0/s1. The molecular formula is C28H29N3O3. The lowest BCUT2D eigenvalue weighted by molar-refractivity contribution is -0.126. The van der Waals surface area contributed by atoms with Crippen molar-refractivity contribution in [2.24, 2.45) is 5.92 Å². The van der Waals surface area contributed by atoms with E-state index in [2.05, 4.69) is 10.3 Å². The predicted octanol–water partition coefficient (Wildman–Crippen LogP) is 5.38. The molecule has 0 spiro atoms. The first-order valence-electron chi connectivity index (χ1n) is 11.4. The van der Waals surface area contributed by atoms with E-state index in [-0.39, 0.29) is 25.0 Å². The summed E-state index contributed by atoms with van der Waals surface area (Å²) in [6.07, 6.45) is 1.29. The largest absolute Gasteiger partial charge is 0.465 e. The molecule has 4 rings (SSSR count). The maximum atomic E-state index is 13.5. The number of carbonyl (C=O) groups is 2. The van der Waals surface area contributed by atoms with Gasteiger partial charge in [-0.25, -0.2) is 4.79 Å². The molecule has 2 amide bonds. The Hall–Kier alpha value is -4.06. The number of para-hydroxylation sites is 1. The molecule has 0 radical (unpaired) electrons. The Balaban J connectivity index is 1.58. The van der Waals surface area contributed by atoms with Gasteiger partial charge < -0.3 is 20.3 Å². The number of aromatic amines is 1. The van der Waals surface area contributed by atoms with Crippen LogP contribution < -0.4 is 5.32 Å². The minimum Gasteiger partial charge on any atom is -0.465 e. The minimum atomic E-state index is -1.04. The van der Waals surface area contributed by atoms with Crippen molar-refractivity contribution in [2.45, 2.75) is 25.9 Å². The topological polar surface area (TPSA) is 85.4 Å². The van der Waals surface area contributed by atoms with Crippen molar-refractivity contribution in [3.63, 3.8) is 0 Å². The summed E-state index contributed by atoms with van der Waals surface area (Å²) in [5, 5.41) is 14.1. The van der Waals surface area contributed by atoms with Crippen LogP contribution in [0.25, 0.3) is 10.9 Å². The fourth-order valence-corrected chi connectivity index (χ4v) is 4.24. The van der Waals surface area contributed by atoms with Crippen LogP contribution in [0.4, 0.5) is 4.79 Å². The highest BCUT2D eigenvalue weighted by atomic mass is 16.4. The fraction of sp³-hybridized carbons (Fsp3) is 0.214. The Labute approximate surface area is 199 Å². The molecule has 0 saturated carbocycles. The van der Waals surface area contributed by atoms with Crippen molar-refractivity contribution in [1.82, 2.24) is 15.2 Å². The van der Waals surface area contributed by atoms with Gasteiger partial charge in [-0.3, -0.25) is 4.79 Å². The van der Waals surface area contributed by atoms with Gasteiger partial charge in [0.2, 0.25) is 5.91 Å². The number of H-pyrrole nitrogens is 1. The van der Waals surface area contributed by atoms with Gasteiger partial charge in [0.25, 0.3) is 0 Å². The molecule has 0 aliphatic rings. The number of amides is 2. The van der Waals surface area contributed by atoms with Crippen molar-refractivity contribution in [3.8, 4) is 0 Å². The fourth-order valence-electron chi connectivity index (χ4n) is 4.24. The molecule has 0 fully saturated rings. The molecule has 3 N–H and O–H groups in total. The van der Waals surface area contributed by atoms with Crippen LogP contribution in [0.15, 0.2) is 91.1 Å². The monoisotopic (exact) mass is 455 g/mol. The van der Waals surface area contributed by atoms with E-state index in [1.54, 1.807) is 0 Å². The van der Waals surface area contributed by atoms with Crippen LogP contribution in [-0.4, -0.2) is 33.5 Å². The van der Waals surface area contributed by atoms with Crippen LogP contribution in [0.2, 0.25) is 0 Å². The molecule has 1 aromatic heterocycles. The van der Waals surface area contributed by atoms with Crippen molar-refractivity contribution >= 4 is 22.9 Å². The Bertz CT molecular complexity index is 1240. The second-order valence-electron chi connectivity index (χ2n) is 8.55. The van der Waals surface area contributed by atoms with Gasteiger partial charge in [-0.15, -0.1) is 0 Å². The SMILES string of the molecule is C[C@H](NC(=O)[C@@H](Cc1c[nH]c2ccccc12)CN(Cc1ccccc1)C(=O)O)c1ccccc1. The summed E-state index contributed by atoms with van der Waals surface area (Å²) in [6, 6.07) is 26.9. The summed E-state index contributed by atoms with van der Waals surface area (Å²) in [4.78, 5) is 30.1. The summed E-state index contributed by atoms with van der Waals surface area (Å²) < 4.78 is 0. The van der Waals surface area contributed by atoms with Gasteiger partial charge in [-0.05, 0) is 36.1 Å². The van der Waals surface area contributed by atoms with Gasteiger partial charge in [0.05, 0.1) is 12.0 Å². The molecule has 0 bridgehead atoms. The van der Waals surface area contributed by atoms with E-state index in [0.29, 0.717) is 6.42 Å². The number of aromatic nitrogens is 1. The first-order valence-corrected chi connectivity index (χ1v) is 11.4. The zero-order valence-electron chi connectivity index (χ0n) is 19.1. The second kappa shape index (κ2) is 10.7. The molecule has 2 atom stereocenters. The number of carbonyl (C=O) groups excluding carboxylic acids is 1. The summed E-state index contributed by atoms with van der Waals surface area (Å²) in [6.45, 7) is 2.26. The lowest BCUT2D eigenvalue weighted by atomic mass is 9.96. The smallest absolute Gasteiger partial charge is 0.407 e. The number of nitrogens with zero attached hydrogens (tertiary/aromatic N) is 1. The third-order valence-corrected chi connectivity index (χ3v) is 6.10. The maximum absolute atomic E-state index is 13.5. The quantitative estimate of drug-likeness (QED) is 0.317. The Morgan fingerprint density at radius 3 is 2.29 bits per heavy atom. The third kappa shape index (κ3) is 5.64. The van der Waals surface area contributed by atoms with Gasteiger partial charge in [0, 0.05) is 30.2 Å². The third-order valence-electron chi connectivity index (χ3n) is 6.10. The number of nitrogens with one attached hydrogen (secondary N) is 2. The van der Waals surface area contributed by atoms with Gasteiger partial charge in [0.1, 0.15) is 0 Å². The zero-order valence-corrected chi connectivity index (χ0v) is 19.1. The molecule has 174 valence electrons. The predicted molar refractivity (Wildman–Crippen MR) is 133 cm³/mol. The molecule has 6 nitrogen and oxygen atoms in total. The van der Waals surface area contributed by atoms with E-state index in [0.717, 1.165) is 27.6 Å². The van der Waals surface area contributed by atoms with E-state index in [9.17, 15) is 14.7 Å². The lowest BCUT2D eigenvalue weighted by Gasteiger charge is -2.26. The van der Waals surface area contributed by atoms with E-state index in [1.807, 2.05) is 98.0 Å². The first kappa shape index (κ1) is 23.1. The highest BCUT2D eigenvalue weighted by Crippen LogP contribution is 2.23. The summed E-state index contributed by atoms with van der Waals surface area (Å²) >= 11 is 0. The van der Waals surface area contributed by atoms with Gasteiger partial charge >= 0.3 is 6.09 Å². The number of fused-ring (bicyclic) bond motifs is 1. The lowest BCUT2D eigenvalue weighted by Crippen LogP contribution is -2.42. The maximum Gasteiger partial charge on any atom is 0.407 e. The van der Waals surface area contributed by atoms with Crippen LogP contribution >= 0.6 is 0 Å². The molecule has 1 heterocycles. The van der Waals surface area contributed by atoms with Crippen molar-refractivity contribution in [1.29, 1.82) is 0 Å². The van der Waals surface area contributed by atoms with Gasteiger partial charge in [0.15, 0.2) is 0 Å². The van der Waals surface area contributed by atoms with Crippen LogP contribution in [0, 0.1) is 5.92 Å². The van der Waals surface area contributed by atoms with Crippen molar-refractivity contribution < 1.29 is 14.7 Å².